The highest BCUT2D eigenvalue weighted by Gasteiger charge is 2.28. The number of nitrogens with one attached hydrogen (secondary N) is 2. The van der Waals surface area contributed by atoms with Crippen LogP contribution in [0.3, 0.4) is 0 Å². The molecular weight excluding hydrogens is 310 g/mol. The highest BCUT2D eigenvalue weighted by Crippen LogP contribution is 2.16. The quantitative estimate of drug-likeness (QED) is 0.725. The number of hydrogen-bond donors (Lipinski definition) is 3. The second kappa shape index (κ2) is 5.85. The van der Waals surface area contributed by atoms with Crippen LogP contribution in [0.5, 0.6) is 0 Å². The molecule has 22 heavy (non-hydrogen) atoms. The predicted octanol–water partition coefficient (Wildman–Crippen LogP) is 0.311. The van der Waals surface area contributed by atoms with E-state index >= 15 is 0 Å². The van der Waals surface area contributed by atoms with Crippen molar-refractivity contribution in [3.63, 3.8) is 0 Å². The molecule has 3 N–H and O–H groups in total. The number of nitrogens with zero attached hydrogens (tertiary/aromatic N) is 1. The molecule has 0 fully saturated rings. The van der Waals surface area contributed by atoms with Gasteiger partial charge in [-0.3, -0.25) is 9.59 Å². The number of aliphatic carboxylic acids is 1. The zero-order valence-corrected chi connectivity index (χ0v) is 12.7. The van der Waals surface area contributed by atoms with Crippen molar-refractivity contribution >= 4 is 27.0 Å². The van der Waals surface area contributed by atoms with Gasteiger partial charge in [0.1, 0.15) is 6.04 Å². The predicted molar refractivity (Wildman–Crippen MR) is 78.9 cm³/mol. The molecule has 2 rings (SSSR count). The number of sulfonamides is 1. The summed E-state index contributed by atoms with van der Waals surface area (Å²) in [6.45, 7) is 3.21. The zero-order valence-electron chi connectivity index (χ0n) is 11.9. The Labute approximate surface area is 126 Å². The number of carboxylic acid groups (broad SMARTS) is 1. The van der Waals surface area contributed by atoms with Crippen molar-refractivity contribution in [3.8, 4) is 0 Å². The summed E-state index contributed by atoms with van der Waals surface area (Å²) >= 11 is 0. The normalized spacial score (nSPS) is 13.4. The van der Waals surface area contributed by atoms with E-state index in [-0.39, 0.29) is 4.90 Å². The Morgan fingerprint density at radius 2 is 2.05 bits per heavy atom. The van der Waals surface area contributed by atoms with Crippen molar-refractivity contribution in [1.29, 1.82) is 0 Å². The van der Waals surface area contributed by atoms with Gasteiger partial charge in [0.15, 0.2) is 0 Å². The summed E-state index contributed by atoms with van der Waals surface area (Å²) < 4.78 is 26.7. The summed E-state index contributed by atoms with van der Waals surface area (Å²) in [6.07, 6.45) is 1.04. The molecule has 0 bridgehead atoms. The Hall–Kier alpha value is -2.26. The summed E-state index contributed by atoms with van der Waals surface area (Å²) in [5.41, 5.74) is 0.288. The molecule has 0 amide bonds. The highest BCUT2D eigenvalue weighted by molar-refractivity contribution is 7.89. The van der Waals surface area contributed by atoms with E-state index in [0.717, 1.165) is 6.20 Å². The molecule has 0 aliphatic carbocycles. The van der Waals surface area contributed by atoms with E-state index in [1.54, 1.807) is 13.8 Å². The van der Waals surface area contributed by atoms with E-state index in [1.165, 1.54) is 18.2 Å². The van der Waals surface area contributed by atoms with Crippen molar-refractivity contribution in [1.82, 2.24) is 14.7 Å². The molecule has 0 aliphatic heterocycles. The van der Waals surface area contributed by atoms with Crippen LogP contribution in [0.15, 0.2) is 34.1 Å². The maximum absolute atomic E-state index is 12.3. The minimum absolute atomic E-state index is 0.119. The zero-order chi connectivity index (χ0) is 16.5. The average molecular weight is 325 g/mol. The number of aromatic amines is 1. The van der Waals surface area contributed by atoms with Crippen molar-refractivity contribution in [3.05, 3.63) is 34.7 Å². The van der Waals surface area contributed by atoms with Gasteiger partial charge in [0.2, 0.25) is 10.0 Å². The van der Waals surface area contributed by atoms with Crippen LogP contribution in [0.1, 0.15) is 13.8 Å². The largest absolute Gasteiger partial charge is 0.480 e. The number of aromatic nitrogens is 2. The number of benzene rings is 1. The summed E-state index contributed by atoms with van der Waals surface area (Å²) in [6, 6.07) is 2.72. The molecule has 0 unspecified atom stereocenters. The van der Waals surface area contributed by atoms with Gasteiger partial charge < -0.3 is 10.1 Å². The maximum atomic E-state index is 12.3. The molecule has 1 aromatic carbocycles. The van der Waals surface area contributed by atoms with Crippen LogP contribution in [-0.4, -0.2) is 35.5 Å². The van der Waals surface area contributed by atoms with Crippen LogP contribution in [-0.2, 0) is 14.8 Å². The number of carbonyl (C=O) groups is 1. The van der Waals surface area contributed by atoms with E-state index in [2.05, 4.69) is 14.7 Å². The van der Waals surface area contributed by atoms with Crippen LogP contribution >= 0.6 is 0 Å². The lowest BCUT2D eigenvalue weighted by atomic mass is 10.1. The fourth-order valence-electron chi connectivity index (χ4n) is 1.89. The standard InChI is InChI=1S/C13H15N3O5S/c1-7(2)12(13(18)19)16-22(20,21)8-3-4-9-10(5-8)14-6-11(17)15-9/h3-7,12,16H,1-2H3,(H,15,17)(H,18,19)/t12-/m0/s1. The average Bonchev–Trinajstić information content (AvgIpc) is 2.43. The van der Waals surface area contributed by atoms with E-state index in [9.17, 15) is 18.0 Å². The summed E-state index contributed by atoms with van der Waals surface area (Å²) in [4.78, 5) is 28.5. The van der Waals surface area contributed by atoms with E-state index in [4.69, 9.17) is 5.11 Å². The Morgan fingerprint density at radius 1 is 1.36 bits per heavy atom. The first-order chi connectivity index (χ1) is 10.2. The maximum Gasteiger partial charge on any atom is 0.322 e. The van der Waals surface area contributed by atoms with Gasteiger partial charge in [-0.1, -0.05) is 13.8 Å². The third kappa shape index (κ3) is 3.31. The molecule has 1 atom stereocenters. The number of fused-ring (bicyclic) bond motifs is 1. The third-order valence-corrected chi connectivity index (χ3v) is 4.51. The molecule has 0 aliphatic rings. The molecule has 0 saturated carbocycles. The van der Waals surface area contributed by atoms with E-state index < -0.39 is 33.5 Å². The smallest absolute Gasteiger partial charge is 0.322 e. The Bertz CT molecular complexity index is 873. The van der Waals surface area contributed by atoms with E-state index in [0.29, 0.717) is 11.0 Å². The lowest BCUT2D eigenvalue weighted by molar-refractivity contribution is -0.140. The third-order valence-electron chi connectivity index (χ3n) is 3.07. The molecule has 8 nitrogen and oxygen atoms in total. The van der Waals surface area contributed by atoms with Crippen LogP contribution in [0.2, 0.25) is 0 Å². The molecule has 0 radical (unpaired) electrons. The SMILES string of the molecule is CC(C)[C@H](NS(=O)(=O)c1ccc2[nH]c(=O)cnc2c1)C(=O)O. The van der Waals surface area contributed by atoms with Crippen LogP contribution in [0, 0.1) is 5.92 Å². The molecule has 0 spiro atoms. The second-order valence-electron chi connectivity index (χ2n) is 5.11. The lowest BCUT2D eigenvalue weighted by Crippen LogP contribution is -2.44. The van der Waals surface area contributed by atoms with Crippen molar-refractivity contribution in [2.75, 3.05) is 0 Å². The Kier molecular flexibility index (Phi) is 4.29. The molecule has 0 saturated heterocycles. The number of rotatable bonds is 5. The molecule has 2 aromatic rings. The first-order valence-electron chi connectivity index (χ1n) is 6.45. The Morgan fingerprint density at radius 3 is 2.64 bits per heavy atom. The van der Waals surface area contributed by atoms with Gasteiger partial charge in [-0.2, -0.15) is 4.72 Å². The fourth-order valence-corrected chi connectivity index (χ4v) is 3.25. The number of carboxylic acids is 1. The van der Waals surface area contributed by atoms with Crippen molar-refractivity contribution in [2.24, 2.45) is 5.92 Å². The fraction of sp³-hybridized carbons (Fsp3) is 0.308. The summed E-state index contributed by atoms with van der Waals surface area (Å²) in [7, 11) is -4.01. The topological polar surface area (TPSA) is 129 Å². The summed E-state index contributed by atoms with van der Waals surface area (Å²) in [5.74, 6) is -1.66. The van der Waals surface area contributed by atoms with Gasteiger partial charge in [0.25, 0.3) is 5.56 Å². The van der Waals surface area contributed by atoms with E-state index in [1.807, 2.05) is 0 Å². The van der Waals surface area contributed by atoms with Crippen LogP contribution in [0.4, 0.5) is 0 Å². The summed E-state index contributed by atoms with van der Waals surface area (Å²) in [5, 5.41) is 9.08. The highest BCUT2D eigenvalue weighted by atomic mass is 32.2. The molecule has 1 heterocycles. The minimum atomic E-state index is -4.01. The van der Waals surface area contributed by atoms with Crippen molar-refractivity contribution in [2.45, 2.75) is 24.8 Å². The van der Waals surface area contributed by atoms with Crippen LogP contribution in [0.25, 0.3) is 11.0 Å². The first-order valence-corrected chi connectivity index (χ1v) is 7.93. The molecular formula is C13H15N3O5S. The Balaban J connectivity index is 2.43. The van der Waals surface area contributed by atoms with Gasteiger partial charge in [-0.05, 0) is 24.1 Å². The lowest BCUT2D eigenvalue weighted by Gasteiger charge is -2.18. The number of hydrogen-bond acceptors (Lipinski definition) is 5. The molecule has 1 aromatic heterocycles. The van der Waals surface area contributed by atoms with Gasteiger partial charge in [-0.25, -0.2) is 13.4 Å². The van der Waals surface area contributed by atoms with Gasteiger partial charge in [0, 0.05) is 0 Å². The van der Waals surface area contributed by atoms with Crippen molar-refractivity contribution < 1.29 is 18.3 Å². The van der Waals surface area contributed by atoms with Crippen LogP contribution < -0.4 is 10.3 Å². The molecule has 9 heteroatoms. The minimum Gasteiger partial charge on any atom is -0.480 e. The monoisotopic (exact) mass is 325 g/mol. The first kappa shape index (κ1) is 16.1. The number of H-pyrrole nitrogens is 1. The van der Waals surface area contributed by atoms with Gasteiger partial charge in [-0.15, -0.1) is 0 Å². The van der Waals surface area contributed by atoms with Gasteiger partial charge >= 0.3 is 5.97 Å². The molecule has 118 valence electrons. The second-order valence-corrected chi connectivity index (χ2v) is 6.82. The van der Waals surface area contributed by atoms with Gasteiger partial charge in [0.05, 0.1) is 22.1 Å².